The van der Waals surface area contributed by atoms with Crippen LogP contribution in [0.4, 0.5) is 5.69 Å². The Kier molecular flexibility index (Phi) is 11.0. The molecule has 8 nitrogen and oxygen atoms in total. The molecule has 2 amide bonds. The second-order valence-corrected chi connectivity index (χ2v) is 13.3. The average molecular weight is 657 g/mol. The Morgan fingerprint density at radius 1 is 0.976 bits per heavy atom. The third-order valence-corrected chi connectivity index (χ3v) is 8.95. The van der Waals surface area contributed by atoms with E-state index in [2.05, 4.69) is 21.2 Å². The van der Waals surface area contributed by atoms with Gasteiger partial charge in [0.2, 0.25) is 21.8 Å². The van der Waals surface area contributed by atoms with E-state index in [4.69, 9.17) is 4.74 Å². The summed E-state index contributed by atoms with van der Waals surface area (Å²) in [5.41, 5.74) is 1.98. The van der Waals surface area contributed by atoms with E-state index in [0.29, 0.717) is 12.4 Å². The fraction of sp³-hybridized carbons (Fsp3) is 0.375. The molecule has 1 aliphatic rings. The van der Waals surface area contributed by atoms with Gasteiger partial charge in [-0.05, 0) is 55.2 Å². The summed E-state index contributed by atoms with van der Waals surface area (Å²) in [7, 11) is -3.89. The maximum absolute atomic E-state index is 14.3. The van der Waals surface area contributed by atoms with Crippen molar-refractivity contribution < 1.29 is 22.7 Å². The minimum absolute atomic E-state index is 0.0594. The fourth-order valence-electron chi connectivity index (χ4n) is 5.29. The number of para-hydroxylation sites is 2. The van der Waals surface area contributed by atoms with Gasteiger partial charge in [-0.1, -0.05) is 83.4 Å². The smallest absolute Gasteiger partial charge is 0.244 e. The summed E-state index contributed by atoms with van der Waals surface area (Å²) >= 11 is 3.50. The van der Waals surface area contributed by atoms with Crippen molar-refractivity contribution in [3.63, 3.8) is 0 Å². The molecule has 1 N–H and O–H groups in total. The zero-order valence-electron chi connectivity index (χ0n) is 24.0. The van der Waals surface area contributed by atoms with E-state index in [0.717, 1.165) is 51.8 Å². The normalized spacial score (nSPS) is 14.3. The van der Waals surface area contributed by atoms with Crippen molar-refractivity contribution in [3.8, 4) is 5.75 Å². The number of hydrogen-bond acceptors (Lipinski definition) is 5. The molecule has 4 rings (SSSR count). The van der Waals surface area contributed by atoms with Crippen LogP contribution in [0.3, 0.4) is 0 Å². The number of ether oxygens (including phenoxy) is 1. The number of amides is 2. The summed E-state index contributed by atoms with van der Waals surface area (Å²) in [4.78, 5) is 29.7. The van der Waals surface area contributed by atoms with Crippen LogP contribution in [0.2, 0.25) is 0 Å². The molecule has 0 aliphatic heterocycles. The van der Waals surface area contributed by atoms with Gasteiger partial charge in [0.25, 0.3) is 0 Å². The Hall–Kier alpha value is -3.37. The molecular formula is C32H38BrN3O5S. The van der Waals surface area contributed by atoms with Gasteiger partial charge in [-0.2, -0.15) is 0 Å². The van der Waals surface area contributed by atoms with Crippen LogP contribution in [-0.4, -0.2) is 56.6 Å². The Bertz CT molecular complexity index is 1460. The van der Waals surface area contributed by atoms with Gasteiger partial charge in [0.15, 0.2) is 0 Å². The monoisotopic (exact) mass is 655 g/mol. The first-order valence-electron chi connectivity index (χ1n) is 14.2. The zero-order valence-corrected chi connectivity index (χ0v) is 26.4. The van der Waals surface area contributed by atoms with Crippen LogP contribution >= 0.6 is 15.9 Å². The summed E-state index contributed by atoms with van der Waals surface area (Å²) in [6, 6.07) is 23.0. The quantitative estimate of drug-likeness (QED) is 0.269. The van der Waals surface area contributed by atoms with Crippen LogP contribution in [0, 0.1) is 0 Å². The van der Waals surface area contributed by atoms with Crippen LogP contribution in [0.5, 0.6) is 5.75 Å². The van der Waals surface area contributed by atoms with Gasteiger partial charge in [0.05, 0.1) is 18.6 Å². The second kappa shape index (κ2) is 14.7. The molecule has 224 valence electrons. The molecular weight excluding hydrogens is 618 g/mol. The summed E-state index contributed by atoms with van der Waals surface area (Å²) < 4.78 is 33.8. The Balaban J connectivity index is 1.74. The van der Waals surface area contributed by atoms with Crippen molar-refractivity contribution in [2.75, 3.05) is 23.7 Å². The highest BCUT2D eigenvalue weighted by Gasteiger charge is 2.34. The maximum atomic E-state index is 14.3. The lowest BCUT2D eigenvalue weighted by molar-refractivity contribution is -0.140. The predicted molar refractivity (Wildman–Crippen MR) is 169 cm³/mol. The molecule has 0 spiro atoms. The van der Waals surface area contributed by atoms with E-state index in [1.165, 1.54) is 4.90 Å². The number of halogens is 1. The molecule has 0 bridgehead atoms. The number of anilines is 1. The molecule has 1 aliphatic carbocycles. The zero-order chi connectivity index (χ0) is 30.1. The van der Waals surface area contributed by atoms with Crippen LogP contribution in [0.25, 0.3) is 0 Å². The minimum atomic E-state index is -3.89. The molecule has 3 aromatic rings. The van der Waals surface area contributed by atoms with Crippen molar-refractivity contribution in [3.05, 3.63) is 94.5 Å². The molecule has 3 aromatic carbocycles. The van der Waals surface area contributed by atoms with Gasteiger partial charge in [0.1, 0.15) is 18.3 Å². The number of rotatable bonds is 13. The molecule has 10 heteroatoms. The van der Waals surface area contributed by atoms with Crippen molar-refractivity contribution in [1.29, 1.82) is 0 Å². The highest BCUT2D eigenvalue weighted by Crippen LogP contribution is 2.30. The summed E-state index contributed by atoms with van der Waals surface area (Å²) in [5.74, 6) is -0.375. The molecule has 1 atom stereocenters. The molecule has 1 fully saturated rings. The van der Waals surface area contributed by atoms with Crippen molar-refractivity contribution in [1.82, 2.24) is 10.2 Å². The number of carbonyl (C=O) groups excluding carboxylic acids is 2. The average Bonchev–Trinajstić information content (AvgIpc) is 3.47. The maximum Gasteiger partial charge on any atom is 0.244 e. The third-order valence-electron chi connectivity index (χ3n) is 7.33. The van der Waals surface area contributed by atoms with Crippen LogP contribution in [0.1, 0.15) is 43.7 Å². The van der Waals surface area contributed by atoms with Crippen molar-refractivity contribution in [2.45, 2.75) is 57.7 Å². The number of benzene rings is 3. The second-order valence-electron chi connectivity index (χ2n) is 10.5. The van der Waals surface area contributed by atoms with Crippen LogP contribution in [-0.2, 0) is 32.6 Å². The number of sulfonamides is 1. The summed E-state index contributed by atoms with van der Waals surface area (Å²) in [6.07, 6.45) is 5.26. The molecule has 0 aromatic heterocycles. The van der Waals surface area contributed by atoms with Crippen molar-refractivity contribution in [2.24, 2.45) is 0 Å². The van der Waals surface area contributed by atoms with Gasteiger partial charge in [-0.3, -0.25) is 13.9 Å². The highest BCUT2D eigenvalue weighted by atomic mass is 79.9. The van der Waals surface area contributed by atoms with E-state index >= 15 is 0 Å². The van der Waals surface area contributed by atoms with Crippen molar-refractivity contribution >= 4 is 43.5 Å². The molecule has 0 radical (unpaired) electrons. The first-order chi connectivity index (χ1) is 20.2. The lowest BCUT2D eigenvalue weighted by Gasteiger charge is -2.34. The number of hydrogen-bond donors (Lipinski definition) is 1. The third kappa shape index (κ3) is 8.58. The van der Waals surface area contributed by atoms with E-state index in [-0.39, 0.29) is 30.6 Å². The topological polar surface area (TPSA) is 96.0 Å². The van der Waals surface area contributed by atoms with E-state index in [9.17, 15) is 18.0 Å². The minimum Gasteiger partial charge on any atom is -0.492 e. The number of carbonyl (C=O) groups is 2. The predicted octanol–water partition coefficient (Wildman–Crippen LogP) is 5.31. The molecule has 0 unspecified atom stereocenters. The standard InChI is InChI=1S/C32H38BrN3O5S/c1-3-41-30-19-10-9-18-28(30)36(42(2,39)40)23-31(37)35(22-25-14-11-15-26(33)20-25)29(21-24-12-5-4-6-13-24)32(38)34-27-16-7-8-17-27/h4-6,9-15,18-20,27,29H,3,7-8,16-17,21-23H2,1-2H3,(H,34,38)/t29-/m1/s1. The number of nitrogens with zero attached hydrogens (tertiary/aromatic N) is 2. The van der Waals surface area contributed by atoms with Crippen LogP contribution in [0.15, 0.2) is 83.3 Å². The first-order valence-corrected chi connectivity index (χ1v) is 16.9. The number of nitrogens with one attached hydrogen (secondary N) is 1. The molecule has 1 saturated carbocycles. The summed E-state index contributed by atoms with van der Waals surface area (Å²) in [6.45, 7) is 1.78. The van der Waals surface area contributed by atoms with Gasteiger partial charge in [0, 0.05) is 23.5 Å². The Morgan fingerprint density at radius 2 is 1.64 bits per heavy atom. The van der Waals surface area contributed by atoms with Gasteiger partial charge >= 0.3 is 0 Å². The Labute approximate surface area is 257 Å². The van der Waals surface area contributed by atoms with Gasteiger partial charge in [-0.25, -0.2) is 8.42 Å². The fourth-order valence-corrected chi connectivity index (χ4v) is 6.59. The van der Waals surface area contributed by atoms with E-state index in [1.807, 2.05) is 61.5 Å². The molecule has 0 saturated heterocycles. The molecule has 0 heterocycles. The lowest BCUT2D eigenvalue weighted by Crippen LogP contribution is -2.54. The largest absolute Gasteiger partial charge is 0.492 e. The Morgan fingerprint density at radius 3 is 2.31 bits per heavy atom. The molecule has 42 heavy (non-hydrogen) atoms. The van der Waals surface area contributed by atoms with Gasteiger partial charge < -0.3 is 15.0 Å². The van der Waals surface area contributed by atoms with E-state index in [1.54, 1.807) is 24.3 Å². The summed E-state index contributed by atoms with van der Waals surface area (Å²) in [5, 5.41) is 3.18. The lowest BCUT2D eigenvalue weighted by atomic mass is 10.0. The SMILES string of the molecule is CCOc1ccccc1N(CC(=O)N(Cc1cccc(Br)c1)[C@H](Cc1ccccc1)C(=O)NC1CCCC1)S(C)(=O)=O. The van der Waals surface area contributed by atoms with E-state index < -0.39 is 28.5 Å². The van der Waals surface area contributed by atoms with Crippen LogP contribution < -0.4 is 14.4 Å². The highest BCUT2D eigenvalue weighted by molar-refractivity contribution is 9.10. The first kappa shape index (κ1) is 31.6. The van der Waals surface area contributed by atoms with Gasteiger partial charge in [-0.15, -0.1) is 0 Å².